The second-order valence-electron chi connectivity index (χ2n) is 15.3. The molecule has 0 amide bonds. The van der Waals surface area contributed by atoms with Gasteiger partial charge >= 0.3 is 17.9 Å². The van der Waals surface area contributed by atoms with Crippen LogP contribution in [0.4, 0.5) is 17.6 Å². The minimum absolute atomic E-state index is 0. The zero-order valence-electron chi connectivity index (χ0n) is 34.4. The van der Waals surface area contributed by atoms with Crippen LogP contribution in [0.2, 0.25) is 0 Å². The van der Waals surface area contributed by atoms with E-state index in [-0.39, 0.29) is 91.1 Å². The van der Waals surface area contributed by atoms with Gasteiger partial charge in [-0.15, -0.1) is 15.2 Å². The van der Waals surface area contributed by atoms with Gasteiger partial charge in [-0.2, -0.15) is 0 Å². The Balaban J connectivity index is 0.00000360. The summed E-state index contributed by atoms with van der Waals surface area (Å²) in [6.45, 7) is -0.685. The molecule has 66 heavy (non-hydrogen) atoms. The van der Waals surface area contributed by atoms with Crippen molar-refractivity contribution in [2.75, 3.05) is 0 Å². The number of nitrogens with zero attached hydrogens (tertiary/aromatic N) is 4. The third-order valence-corrected chi connectivity index (χ3v) is 10.8. The summed E-state index contributed by atoms with van der Waals surface area (Å²) in [6.07, 6.45) is -4.49. The van der Waals surface area contributed by atoms with E-state index in [2.05, 4.69) is 5.32 Å². The van der Waals surface area contributed by atoms with E-state index in [4.69, 9.17) is 33.5 Å². The average molecular weight is 1100 g/mol. The molecule has 0 aliphatic carbocycles. The topological polar surface area (TPSA) is 177 Å². The van der Waals surface area contributed by atoms with Crippen molar-refractivity contribution in [1.29, 1.82) is 0 Å². The standard InChI is InChI=1S/C44H41F4N4O12.2Rh/c45-29-9-1-25(2-10-29)21-58-41(54)33-17-37(49-33)62-51-35(43(56)60-23-27-5-13-31(47)14-6-27)19-39(51)64-52-36(44(57)61-24-28-7-15-32(48)16-8-28)20-40(52)63-50-34(18-38(50)53)42(55)59-22-26-3-11-30(46)12-4-26;;/h1-16,33-40,53H,17-24H2;;/q-1;;/t33-,34-,35-,36-,37?,38?,39?,40?;;/m0../s1. The molecule has 4 aromatic carbocycles. The summed E-state index contributed by atoms with van der Waals surface area (Å²) in [7, 11) is 0. The third kappa shape index (κ3) is 12.5. The first-order valence-electron chi connectivity index (χ1n) is 20.2. The maximum atomic E-state index is 13.5. The number of carbonyl (C=O) groups excluding carboxylic acids is 4. The number of rotatable bonds is 18. The monoisotopic (exact) mass is 1100 g/mol. The quantitative estimate of drug-likeness (QED) is 0.0611. The minimum atomic E-state index is -1.24. The first-order valence-corrected chi connectivity index (χ1v) is 20.2. The smallest absolute Gasteiger partial charge is 0.326 e. The van der Waals surface area contributed by atoms with Crippen molar-refractivity contribution in [3.8, 4) is 0 Å². The average Bonchev–Trinajstić information content (AvgIpc) is 3.26. The van der Waals surface area contributed by atoms with Crippen molar-refractivity contribution in [3.05, 3.63) is 148 Å². The summed E-state index contributed by atoms with van der Waals surface area (Å²) in [5, 5.41) is 18.2. The van der Waals surface area contributed by atoms with Gasteiger partial charge in [0.1, 0.15) is 74.0 Å². The molecule has 0 saturated carbocycles. The van der Waals surface area contributed by atoms with Gasteiger partial charge in [-0.1, -0.05) is 48.5 Å². The number of hydrogen-bond donors (Lipinski definition) is 1. The third-order valence-electron chi connectivity index (χ3n) is 10.8. The Morgan fingerprint density at radius 3 is 1.12 bits per heavy atom. The fraction of sp³-hybridized carbons (Fsp3) is 0.364. The Bertz CT molecular complexity index is 2290. The van der Waals surface area contributed by atoms with Crippen molar-refractivity contribution in [2.45, 2.75) is 101 Å². The van der Waals surface area contributed by atoms with Crippen LogP contribution in [0.1, 0.15) is 47.9 Å². The normalized spacial score (nSPS) is 24.7. The molecule has 356 valence electrons. The first kappa shape index (κ1) is 50.8. The van der Waals surface area contributed by atoms with Gasteiger partial charge in [-0.25, -0.2) is 17.6 Å². The molecule has 4 unspecified atom stereocenters. The number of aliphatic hydroxyl groups is 1. The van der Waals surface area contributed by atoms with Gasteiger partial charge in [0.15, 0.2) is 12.5 Å². The van der Waals surface area contributed by atoms with Crippen LogP contribution in [0.5, 0.6) is 0 Å². The summed E-state index contributed by atoms with van der Waals surface area (Å²) in [5.74, 6) is -4.73. The Hall–Kier alpha value is -4.59. The largest absolute Gasteiger partial charge is 0.623 e. The van der Waals surface area contributed by atoms with Crippen molar-refractivity contribution in [2.24, 2.45) is 0 Å². The molecule has 4 aromatic rings. The van der Waals surface area contributed by atoms with E-state index in [1.54, 1.807) is 0 Å². The molecule has 22 heteroatoms. The summed E-state index contributed by atoms with van der Waals surface area (Å²) in [6, 6.07) is 17.3. The van der Waals surface area contributed by atoms with Gasteiger partial charge in [0.2, 0.25) is 0 Å². The summed E-state index contributed by atoms with van der Waals surface area (Å²) in [5.41, 5.74) is 2.11. The van der Waals surface area contributed by atoms with E-state index in [1.807, 2.05) is 0 Å². The Kier molecular flexibility index (Phi) is 17.7. The number of ether oxygens (including phenoxy) is 4. The van der Waals surface area contributed by atoms with Gasteiger partial charge in [0.25, 0.3) is 5.97 Å². The summed E-state index contributed by atoms with van der Waals surface area (Å²) >= 11 is 0. The van der Waals surface area contributed by atoms with Crippen molar-refractivity contribution < 1.29 is 114 Å². The summed E-state index contributed by atoms with van der Waals surface area (Å²) in [4.78, 5) is 71.0. The zero-order valence-corrected chi connectivity index (χ0v) is 37.7. The Morgan fingerprint density at radius 1 is 0.470 bits per heavy atom. The molecule has 0 aromatic heterocycles. The minimum Gasteiger partial charge on any atom is -0.623 e. The number of aliphatic hydroxyl groups excluding tert-OH is 1. The van der Waals surface area contributed by atoms with Crippen LogP contribution >= 0.6 is 0 Å². The van der Waals surface area contributed by atoms with Gasteiger partial charge in [-0.05, 0) is 89.5 Å². The molecule has 4 saturated heterocycles. The summed E-state index contributed by atoms with van der Waals surface area (Å²) < 4.78 is 75.4. The van der Waals surface area contributed by atoms with Crippen molar-refractivity contribution in [1.82, 2.24) is 15.2 Å². The van der Waals surface area contributed by atoms with Crippen LogP contribution in [0.25, 0.3) is 5.32 Å². The van der Waals surface area contributed by atoms with Crippen LogP contribution in [0, 0.1) is 23.3 Å². The van der Waals surface area contributed by atoms with Crippen molar-refractivity contribution in [3.63, 3.8) is 0 Å². The van der Waals surface area contributed by atoms with Crippen LogP contribution in [-0.4, -0.2) is 93.3 Å². The van der Waals surface area contributed by atoms with Gasteiger partial charge in [-0.3, -0.25) is 28.9 Å². The van der Waals surface area contributed by atoms with Crippen molar-refractivity contribution >= 4 is 23.9 Å². The molecule has 8 atom stereocenters. The van der Waals surface area contributed by atoms with Crippen LogP contribution in [0.3, 0.4) is 0 Å². The predicted molar refractivity (Wildman–Crippen MR) is 208 cm³/mol. The number of hydroxylamine groups is 6. The van der Waals surface area contributed by atoms with Crippen LogP contribution in [-0.2, 0) is 118 Å². The van der Waals surface area contributed by atoms with E-state index in [9.17, 15) is 41.8 Å². The van der Waals surface area contributed by atoms with E-state index in [1.165, 1.54) is 97.1 Å². The van der Waals surface area contributed by atoms with Crippen LogP contribution in [0.15, 0.2) is 97.1 Å². The van der Waals surface area contributed by atoms with Gasteiger partial charge in [0, 0.05) is 58.2 Å². The molecular weight excluding hydrogens is 1060 g/mol. The molecule has 4 heterocycles. The van der Waals surface area contributed by atoms with Gasteiger partial charge < -0.3 is 34.2 Å². The Labute approximate surface area is 400 Å². The number of esters is 4. The van der Waals surface area contributed by atoms with Crippen LogP contribution < -0.4 is 0 Å². The van der Waals surface area contributed by atoms with Gasteiger partial charge in [0.05, 0.1) is 0 Å². The molecule has 4 aliphatic rings. The van der Waals surface area contributed by atoms with E-state index >= 15 is 0 Å². The predicted octanol–water partition coefficient (Wildman–Crippen LogP) is 4.97. The van der Waals surface area contributed by atoms with E-state index < -0.39 is 96.2 Å². The Morgan fingerprint density at radius 2 is 0.773 bits per heavy atom. The SMILES string of the molecule is O=C(OCc1ccc(F)cc1)[C@@H]1CC(ON2C(ON3C(ON4C(O)C[C@H]4C(=O)OCc4ccc(F)cc4)C[C@H]3C(=O)OCc3ccc(F)cc3)C[C@H]2C(=O)OCc2ccc(F)cc2)[N-]1.[Rh].[Rh]. The molecule has 1 N–H and O–H groups in total. The first-order chi connectivity index (χ1) is 30.9. The molecule has 4 aliphatic heterocycles. The zero-order chi connectivity index (χ0) is 44.9. The fourth-order valence-corrected chi connectivity index (χ4v) is 6.96. The molecule has 0 bridgehead atoms. The number of hydrogen-bond acceptors (Lipinski definition) is 15. The number of halogens is 4. The number of carbonyl (C=O) groups is 4. The maximum absolute atomic E-state index is 13.5. The van der Waals surface area contributed by atoms with E-state index in [0.29, 0.717) is 22.3 Å². The fourth-order valence-electron chi connectivity index (χ4n) is 6.96. The number of benzene rings is 4. The molecule has 16 nitrogen and oxygen atoms in total. The van der Waals surface area contributed by atoms with E-state index in [0.717, 1.165) is 15.2 Å². The second-order valence-corrected chi connectivity index (χ2v) is 15.3. The molecule has 0 spiro atoms. The molecule has 2 radical (unpaired) electrons. The molecule has 4 fully saturated rings. The second kappa shape index (κ2) is 22.9. The molecule has 8 rings (SSSR count). The molecular formula is C44H41F4N4O12Rh2-. The maximum Gasteiger partial charge on any atom is 0.326 e.